The first-order valence-corrected chi connectivity index (χ1v) is 7.47. The smallest absolute Gasteiger partial charge is 0.332 e. The Labute approximate surface area is 125 Å². The van der Waals surface area contributed by atoms with Crippen molar-refractivity contribution in [3.63, 3.8) is 0 Å². The predicted octanol–water partition coefficient (Wildman–Crippen LogP) is 3.38. The van der Waals surface area contributed by atoms with Gasteiger partial charge in [-0.15, -0.1) is 0 Å². The molecule has 1 aliphatic rings. The number of carboxylic acid groups (broad SMARTS) is 1. The molecule has 0 bridgehead atoms. The molecular formula is C17H21NO3. The molecule has 0 radical (unpaired) electrons. The van der Waals surface area contributed by atoms with Gasteiger partial charge in [-0.05, 0) is 37.8 Å². The van der Waals surface area contributed by atoms with Crippen LogP contribution in [0.25, 0.3) is 0 Å². The summed E-state index contributed by atoms with van der Waals surface area (Å²) in [6.45, 7) is 2.70. The van der Waals surface area contributed by atoms with E-state index < -0.39 is 5.97 Å². The zero-order valence-corrected chi connectivity index (χ0v) is 12.3. The van der Waals surface area contributed by atoms with Crippen molar-refractivity contribution in [2.45, 2.75) is 39.0 Å². The van der Waals surface area contributed by atoms with Crippen molar-refractivity contribution in [1.82, 2.24) is 0 Å². The number of amides is 1. The highest BCUT2D eigenvalue weighted by Crippen LogP contribution is 2.29. The van der Waals surface area contributed by atoms with Gasteiger partial charge in [0.05, 0.1) is 0 Å². The van der Waals surface area contributed by atoms with Crippen LogP contribution in [-0.4, -0.2) is 23.5 Å². The van der Waals surface area contributed by atoms with Gasteiger partial charge >= 0.3 is 5.97 Å². The summed E-state index contributed by atoms with van der Waals surface area (Å²) in [6, 6.07) is 9.47. The van der Waals surface area contributed by atoms with E-state index in [-0.39, 0.29) is 11.5 Å². The number of nitrogens with zero attached hydrogens (tertiary/aromatic N) is 1. The number of anilines is 1. The third-order valence-corrected chi connectivity index (χ3v) is 3.78. The highest BCUT2D eigenvalue weighted by Gasteiger charge is 2.28. The minimum atomic E-state index is -0.959. The molecule has 4 heteroatoms. The molecule has 4 nitrogen and oxygen atoms in total. The van der Waals surface area contributed by atoms with Crippen LogP contribution < -0.4 is 4.90 Å². The number of unbranched alkanes of at least 4 members (excludes halogenated alkanes) is 1. The Morgan fingerprint density at radius 1 is 1.14 bits per heavy atom. The van der Waals surface area contributed by atoms with Crippen LogP contribution >= 0.6 is 0 Å². The number of benzene rings is 1. The van der Waals surface area contributed by atoms with Crippen LogP contribution in [-0.2, 0) is 9.59 Å². The number of hydrogen-bond acceptors (Lipinski definition) is 2. The normalized spacial score (nSPS) is 14.3. The van der Waals surface area contributed by atoms with Gasteiger partial charge < -0.3 is 10.0 Å². The van der Waals surface area contributed by atoms with Gasteiger partial charge in [0, 0.05) is 23.4 Å². The molecule has 0 saturated heterocycles. The fourth-order valence-electron chi connectivity index (χ4n) is 2.65. The number of carbonyl (C=O) groups excluding carboxylic acids is 1. The van der Waals surface area contributed by atoms with Gasteiger partial charge in [0.1, 0.15) is 0 Å². The molecule has 0 fully saturated rings. The van der Waals surface area contributed by atoms with E-state index in [0.29, 0.717) is 25.0 Å². The summed E-state index contributed by atoms with van der Waals surface area (Å²) in [6.07, 6.45) is 3.69. The van der Waals surface area contributed by atoms with Crippen molar-refractivity contribution >= 4 is 17.6 Å². The molecule has 0 heterocycles. The van der Waals surface area contributed by atoms with Crippen LogP contribution in [0.1, 0.15) is 39.0 Å². The fourth-order valence-corrected chi connectivity index (χ4v) is 2.65. The molecule has 2 rings (SSSR count). The first kappa shape index (κ1) is 15.3. The zero-order valence-electron chi connectivity index (χ0n) is 12.3. The first-order chi connectivity index (χ1) is 10.1. The highest BCUT2D eigenvalue weighted by atomic mass is 16.4. The average molecular weight is 287 g/mol. The van der Waals surface area contributed by atoms with Crippen molar-refractivity contribution in [3.8, 4) is 0 Å². The lowest BCUT2D eigenvalue weighted by molar-refractivity contribution is -0.133. The number of aliphatic carboxylic acids is 1. The molecule has 0 spiro atoms. The number of carboxylic acids is 1. The van der Waals surface area contributed by atoms with Gasteiger partial charge in [-0.25, -0.2) is 4.79 Å². The molecule has 1 aliphatic carbocycles. The summed E-state index contributed by atoms with van der Waals surface area (Å²) in [5, 5.41) is 9.23. The van der Waals surface area contributed by atoms with E-state index in [1.165, 1.54) is 0 Å². The van der Waals surface area contributed by atoms with Gasteiger partial charge in [0.25, 0.3) is 5.91 Å². The largest absolute Gasteiger partial charge is 0.478 e. The lowest BCUT2D eigenvalue weighted by Crippen LogP contribution is -2.33. The molecule has 1 aromatic rings. The van der Waals surface area contributed by atoms with Crippen molar-refractivity contribution in [2.75, 3.05) is 11.4 Å². The molecule has 0 atom stereocenters. The lowest BCUT2D eigenvalue weighted by atomic mass is 10.1. The van der Waals surface area contributed by atoms with Crippen molar-refractivity contribution in [2.24, 2.45) is 0 Å². The first-order valence-electron chi connectivity index (χ1n) is 7.47. The third kappa shape index (κ3) is 3.51. The summed E-state index contributed by atoms with van der Waals surface area (Å²) >= 11 is 0. The summed E-state index contributed by atoms with van der Waals surface area (Å²) in [7, 11) is 0. The van der Waals surface area contributed by atoms with E-state index in [2.05, 4.69) is 6.92 Å². The number of para-hydroxylation sites is 1. The molecule has 1 aromatic carbocycles. The Morgan fingerprint density at radius 2 is 1.81 bits per heavy atom. The second kappa shape index (κ2) is 7.07. The minimum absolute atomic E-state index is 0.149. The molecule has 112 valence electrons. The van der Waals surface area contributed by atoms with E-state index in [4.69, 9.17) is 0 Å². The summed E-state index contributed by atoms with van der Waals surface area (Å²) in [4.78, 5) is 25.7. The Hall–Kier alpha value is -2.10. The van der Waals surface area contributed by atoms with Crippen molar-refractivity contribution in [3.05, 3.63) is 41.5 Å². The second-order valence-electron chi connectivity index (χ2n) is 5.26. The molecule has 1 amide bonds. The van der Waals surface area contributed by atoms with Gasteiger partial charge in [-0.1, -0.05) is 31.5 Å². The lowest BCUT2D eigenvalue weighted by Gasteiger charge is -2.23. The quantitative estimate of drug-likeness (QED) is 0.872. The summed E-state index contributed by atoms with van der Waals surface area (Å²) in [5.41, 5.74) is 1.60. The fraction of sp³-hybridized carbons (Fsp3) is 0.412. The highest BCUT2D eigenvalue weighted by molar-refractivity contribution is 6.10. The molecular weight excluding hydrogens is 266 g/mol. The molecule has 0 aromatic heterocycles. The molecule has 1 N–H and O–H groups in total. The van der Waals surface area contributed by atoms with Crippen LogP contribution in [0.3, 0.4) is 0 Å². The maximum absolute atomic E-state index is 12.8. The third-order valence-electron chi connectivity index (χ3n) is 3.78. The SMILES string of the molecule is CCCCN(C(=O)C1=C(C(=O)O)CCC1)c1ccccc1. The minimum Gasteiger partial charge on any atom is -0.478 e. The molecule has 0 unspecified atom stereocenters. The maximum atomic E-state index is 12.8. The summed E-state index contributed by atoms with van der Waals surface area (Å²) < 4.78 is 0. The monoisotopic (exact) mass is 287 g/mol. The van der Waals surface area contributed by atoms with E-state index in [9.17, 15) is 14.7 Å². The Balaban J connectivity index is 2.30. The van der Waals surface area contributed by atoms with Gasteiger partial charge in [-0.3, -0.25) is 4.79 Å². The zero-order chi connectivity index (χ0) is 15.2. The van der Waals surface area contributed by atoms with E-state index in [1.807, 2.05) is 30.3 Å². The Morgan fingerprint density at radius 3 is 2.43 bits per heavy atom. The van der Waals surface area contributed by atoms with E-state index in [0.717, 1.165) is 24.9 Å². The standard InChI is InChI=1S/C17H21NO3/c1-2-3-12-18(13-8-5-4-6-9-13)16(19)14-10-7-11-15(14)17(20)21/h4-6,8-9H,2-3,7,10-12H2,1H3,(H,20,21). The Bertz CT molecular complexity index is 548. The number of hydrogen-bond donors (Lipinski definition) is 1. The second-order valence-corrected chi connectivity index (χ2v) is 5.26. The van der Waals surface area contributed by atoms with Crippen molar-refractivity contribution < 1.29 is 14.7 Å². The van der Waals surface area contributed by atoms with Crippen LogP contribution in [0.5, 0.6) is 0 Å². The van der Waals surface area contributed by atoms with Gasteiger partial charge in [-0.2, -0.15) is 0 Å². The van der Waals surface area contributed by atoms with Crippen molar-refractivity contribution in [1.29, 1.82) is 0 Å². The van der Waals surface area contributed by atoms with Crippen LogP contribution in [0.4, 0.5) is 5.69 Å². The van der Waals surface area contributed by atoms with Gasteiger partial charge in [0.2, 0.25) is 0 Å². The summed E-state index contributed by atoms with van der Waals surface area (Å²) in [5.74, 6) is -1.11. The predicted molar refractivity (Wildman–Crippen MR) is 82.2 cm³/mol. The Kier molecular flexibility index (Phi) is 5.14. The number of carbonyl (C=O) groups is 2. The topological polar surface area (TPSA) is 57.6 Å². The molecule has 21 heavy (non-hydrogen) atoms. The molecule has 0 saturated carbocycles. The average Bonchev–Trinajstić information content (AvgIpc) is 2.98. The maximum Gasteiger partial charge on any atom is 0.332 e. The number of rotatable bonds is 6. The molecule has 0 aliphatic heterocycles. The van der Waals surface area contributed by atoms with Crippen LogP contribution in [0.15, 0.2) is 41.5 Å². The van der Waals surface area contributed by atoms with Crippen LogP contribution in [0.2, 0.25) is 0 Å². The van der Waals surface area contributed by atoms with E-state index >= 15 is 0 Å². The van der Waals surface area contributed by atoms with Crippen LogP contribution in [0, 0.1) is 0 Å². The van der Waals surface area contributed by atoms with E-state index in [1.54, 1.807) is 4.90 Å². The van der Waals surface area contributed by atoms with Gasteiger partial charge in [0.15, 0.2) is 0 Å².